The molecule has 0 atom stereocenters. The molecular weight excluding hydrogens is 270 g/mol. The summed E-state index contributed by atoms with van der Waals surface area (Å²) in [6.45, 7) is 0. The van der Waals surface area contributed by atoms with Crippen LogP contribution in [0.25, 0.3) is 0 Å². The molecule has 0 amide bonds. The maximum absolute atomic E-state index is 10.0. The summed E-state index contributed by atoms with van der Waals surface area (Å²) < 4.78 is 0. The molecule has 110 valence electrons. The van der Waals surface area contributed by atoms with Crippen LogP contribution in [0, 0.1) is 0 Å². The number of rotatable bonds is 3. The van der Waals surface area contributed by atoms with Gasteiger partial charge in [0.1, 0.15) is 6.29 Å². The molecular formula is C20H19NO. The summed E-state index contributed by atoms with van der Waals surface area (Å²) in [5.41, 5.74) is 9.15. The fourth-order valence-corrected chi connectivity index (χ4v) is 2.04. The Balaban J connectivity index is 0.000000188. The van der Waals surface area contributed by atoms with E-state index < -0.39 is 0 Å². The van der Waals surface area contributed by atoms with Gasteiger partial charge in [0.2, 0.25) is 0 Å². The molecule has 2 N–H and O–H groups in total. The maximum Gasteiger partial charge on any atom is 0.150 e. The van der Waals surface area contributed by atoms with E-state index in [1.165, 1.54) is 0 Å². The average Bonchev–Trinajstić information content (AvgIpc) is 2.64. The number of aldehydes is 1. The lowest BCUT2D eigenvalue weighted by Crippen LogP contribution is -2.11. The highest BCUT2D eigenvalue weighted by Crippen LogP contribution is 2.18. The van der Waals surface area contributed by atoms with Crippen LogP contribution in [-0.4, -0.2) is 6.29 Å². The van der Waals surface area contributed by atoms with Gasteiger partial charge in [-0.2, -0.15) is 0 Å². The molecule has 3 aromatic carbocycles. The average molecular weight is 289 g/mol. The van der Waals surface area contributed by atoms with Gasteiger partial charge in [-0.15, -0.1) is 0 Å². The van der Waals surface area contributed by atoms with Gasteiger partial charge in [0.25, 0.3) is 0 Å². The smallest absolute Gasteiger partial charge is 0.150 e. The van der Waals surface area contributed by atoms with Crippen LogP contribution in [0.15, 0.2) is 91.0 Å². The first-order valence-corrected chi connectivity index (χ1v) is 7.17. The lowest BCUT2D eigenvalue weighted by Gasteiger charge is -2.11. The van der Waals surface area contributed by atoms with E-state index in [1.54, 1.807) is 12.1 Å². The molecule has 0 saturated carbocycles. The molecule has 0 heterocycles. The van der Waals surface area contributed by atoms with Crippen molar-refractivity contribution in [3.63, 3.8) is 0 Å². The molecule has 0 radical (unpaired) electrons. The van der Waals surface area contributed by atoms with Crippen LogP contribution in [0.1, 0.15) is 27.5 Å². The predicted molar refractivity (Wildman–Crippen MR) is 90.7 cm³/mol. The number of nitrogens with two attached hydrogens (primary N) is 1. The minimum absolute atomic E-state index is 0.0163. The lowest BCUT2D eigenvalue weighted by atomic mass is 10.00. The first kappa shape index (κ1) is 15.7. The van der Waals surface area contributed by atoms with E-state index in [1.807, 2.05) is 54.6 Å². The molecule has 0 bridgehead atoms. The molecule has 22 heavy (non-hydrogen) atoms. The standard InChI is InChI=1S/C13H13N.C7H6O/c14-13(11-7-3-1-4-8-11)12-9-5-2-6-10-12;8-6-7-4-2-1-3-5-7/h1-10,13H,14H2;1-6H. The second-order valence-corrected chi connectivity index (χ2v) is 4.83. The molecule has 2 heteroatoms. The van der Waals surface area contributed by atoms with Crippen molar-refractivity contribution in [2.45, 2.75) is 6.04 Å². The van der Waals surface area contributed by atoms with Crippen molar-refractivity contribution in [1.82, 2.24) is 0 Å². The van der Waals surface area contributed by atoms with E-state index in [4.69, 9.17) is 5.73 Å². The minimum atomic E-state index is -0.0163. The summed E-state index contributed by atoms with van der Waals surface area (Å²) in [5, 5.41) is 0. The predicted octanol–water partition coefficient (Wildman–Crippen LogP) is 4.23. The van der Waals surface area contributed by atoms with Crippen LogP contribution >= 0.6 is 0 Å². The molecule has 0 fully saturated rings. The minimum Gasteiger partial charge on any atom is -0.320 e. The van der Waals surface area contributed by atoms with Crippen molar-refractivity contribution in [1.29, 1.82) is 0 Å². The first-order valence-electron chi connectivity index (χ1n) is 7.17. The van der Waals surface area contributed by atoms with E-state index >= 15 is 0 Å². The van der Waals surface area contributed by atoms with Gasteiger partial charge >= 0.3 is 0 Å². The Bertz CT molecular complexity index is 626. The molecule has 3 aromatic rings. The van der Waals surface area contributed by atoms with Crippen molar-refractivity contribution in [3.8, 4) is 0 Å². The fourth-order valence-electron chi connectivity index (χ4n) is 2.04. The van der Waals surface area contributed by atoms with Gasteiger partial charge in [-0.05, 0) is 11.1 Å². The highest BCUT2D eigenvalue weighted by Gasteiger charge is 2.06. The second-order valence-electron chi connectivity index (χ2n) is 4.83. The first-order chi connectivity index (χ1) is 10.8. The zero-order valence-corrected chi connectivity index (χ0v) is 12.3. The van der Waals surface area contributed by atoms with E-state index in [2.05, 4.69) is 24.3 Å². The molecule has 0 aliphatic heterocycles. The Morgan fingerprint density at radius 3 is 1.32 bits per heavy atom. The highest BCUT2D eigenvalue weighted by atomic mass is 16.1. The van der Waals surface area contributed by atoms with Crippen molar-refractivity contribution >= 4 is 6.29 Å². The zero-order valence-electron chi connectivity index (χ0n) is 12.3. The van der Waals surface area contributed by atoms with E-state index in [0.717, 1.165) is 23.0 Å². The van der Waals surface area contributed by atoms with E-state index in [0.29, 0.717) is 0 Å². The largest absolute Gasteiger partial charge is 0.320 e. The highest BCUT2D eigenvalue weighted by molar-refractivity contribution is 5.74. The van der Waals surface area contributed by atoms with Crippen molar-refractivity contribution in [3.05, 3.63) is 108 Å². The summed E-state index contributed by atoms with van der Waals surface area (Å²) in [7, 11) is 0. The SMILES string of the molecule is NC(c1ccccc1)c1ccccc1.O=Cc1ccccc1. The number of hydrogen-bond donors (Lipinski definition) is 1. The van der Waals surface area contributed by atoms with Gasteiger partial charge in [0.05, 0.1) is 6.04 Å². The molecule has 0 aliphatic rings. The van der Waals surface area contributed by atoms with Crippen LogP contribution in [0.4, 0.5) is 0 Å². The molecule has 3 rings (SSSR count). The third-order valence-electron chi connectivity index (χ3n) is 3.25. The number of carbonyl (C=O) groups excluding carboxylic acids is 1. The number of carbonyl (C=O) groups is 1. The maximum atomic E-state index is 10.0. The molecule has 0 spiro atoms. The van der Waals surface area contributed by atoms with E-state index in [-0.39, 0.29) is 6.04 Å². The normalized spacial score (nSPS) is 9.73. The fraction of sp³-hybridized carbons (Fsp3) is 0.0500. The molecule has 0 aromatic heterocycles. The molecule has 0 saturated heterocycles. The Hall–Kier alpha value is -2.71. The third kappa shape index (κ3) is 4.69. The van der Waals surface area contributed by atoms with Gasteiger partial charge in [-0.25, -0.2) is 0 Å². The van der Waals surface area contributed by atoms with Crippen molar-refractivity contribution < 1.29 is 4.79 Å². The topological polar surface area (TPSA) is 43.1 Å². The monoisotopic (exact) mass is 289 g/mol. The summed E-state index contributed by atoms with van der Waals surface area (Å²) in [6, 6.07) is 29.3. The summed E-state index contributed by atoms with van der Waals surface area (Å²) in [6.07, 6.45) is 0.833. The second kappa shape index (κ2) is 8.55. The van der Waals surface area contributed by atoms with Gasteiger partial charge in [0.15, 0.2) is 0 Å². The molecule has 0 aliphatic carbocycles. The quantitative estimate of drug-likeness (QED) is 0.733. The Morgan fingerprint density at radius 2 is 1.00 bits per heavy atom. The van der Waals surface area contributed by atoms with Crippen LogP contribution in [0.5, 0.6) is 0 Å². The Kier molecular flexibility index (Phi) is 6.09. The Morgan fingerprint density at radius 1 is 0.636 bits per heavy atom. The van der Waals surface area contributed by atoms with Crippen molar-refractivity contribution in [2.75, 3.05) is 0 Å². The zero-order chi connectivity index (χ0) is 15.6. The Labute approximate surface area is 131 Å². The molecule has 0 unspecified atom stereocenters. The van der Waals surface area contributed by atoms with Crippen LogP contribution in [0.2, 0.25) is 0 Å². The number of benzene rings is 3. The van der Waals surface area contributed by atoms with Crippen LogP contribution in [0.3, 0.4) is 0 Å². The van der Waals surface area contributed by atoms with Crippen molar-refractivity contribution in [2.24, 2.45) is 5.73 Å². The van der Waals surface area contributed by atoms with Gasteiger partial charge in [-0.1, -0.05) is 91.0 Å². The van der Waals surface area contributed by atoms with E-state index in [9.17, 15) is 4.79 Å². The summed E-state index contributed by atoms with van der Waals surface area (Å²) in [4.78, 5) is 10.0. The van der Waals surface area contributed by atoms with Gasteiger partial charge in [0, 0.05) is 5.56 Å². The number of hydrogen-bond acceptors (Lipinski definition) is 2. The molecule has 2 nitrogen and oxygen atoms in total. The lowest BCUT2D eigenvalue weighted by molar-refractivity contribution is 0.112. The summed E-state index contributed by atoms with van der Waals surface area (Å²) in [5.74, 6) is 0. The van der Waals surface area contributed by atoms with Crippen LogP contribution in [-0.2, 0) is 0 Å². The van der Waals surface area contributed by atoms with Gasteiger partial charge < -0.3 is 5.73 Å². The summed E-state index contributed by atoms with van der Waals surface area (Å²) >= 11 is 0. The van der Waals surface area contributed by atoms with Gasteiger partial charge in [-0.3, -0.25) is 4.79 Å². The third-order valence-corrected chi connectivity index (χ3v) is 3.25. The van der Waals surface area contributed by atoms with Crippen LogP contribution < -0.4 is 5.73 Å².